The lowest BCUT2D eigenvalue weighted by molar-refractivity contribution is -0.137. The zero-order valence-corrected chi connectivity index (χ0v) is 16.6. The number of fused-ring (bicyclic) bond motifs is 1. The van der Waals surface area contributed by atoms with Crippen LogP contribution >= 0.6 is 0 Å². The normalized spacial score (nSPS) is 15.0. The summed E-state index contributed by atoms with van der Waals surface area (Å²) in [7, 11) is 1.58. The van der Waals surface area contributed by atoms with Gasteiger partial charge in [-0.05, 0) is 43.3 Å². The molecule has 0 N–H and O–H groups in total. The fourth-order valence-electron chi connectivity index (χ4n) is 3.72. The van der Waals surface area contributed by atoms with E-state index in [0.29, 0.717) is 43.2 Å². The van der Waals surface area contributed by atoms with Crippen LogP contribution in [0, 0.1) is 6.92 Å². The Morgan fingerprint density at radius 1 is 1.07 bits per heavy atom. The molecule has 8 heteroatoms. The van der Waals surface area contributed by atoms with Crippen LogP contribution in [0.5, 0.6) is 5.75 Å². The Bertz CT molecular complexity index is 1080. The molecule has 1 amide bonds. The summed E-state index contributed by atoms with van der Waals surface area (Å²) in [5, 5.41) is 0.820. The molecule has 158 valence electrons. The number of carbonyl (C=O) groups excluding carboxylic acids is 1. The molecular weight excluding hydrogens is 397 g/mol. The van der Waals surface area contributed by atoms with Gasteiger partial charge in [0.2, 0.25) is 0 Å². The van der Waals surface area contributed by atoms with Crippen molar-refractivity contribution in [1.29, 1.82) is 0 Å². The average molecular weight is 418 g/mol. The van der Waals surface area contributed by atoms with Gasteiger partial charge in [0.25, 0.3) is 5.91 Å². The van der Waals surface area contributed by atoms with Crippen molar-refractivity contribution < 1.29 is 27.1 Å². The van der Waals surface area contributed by atoms with E-state index in [4.69, 9.17) is 9.15 Å². The predicted molar refractivity (Wildman–Crippen MR) is 107 cm³/mol. The molecule has 5 nitrogen and oxygen atoms in total. The number of halogens is 3. The number of methoxy groups -OCH3 is 1. The van der Waals surface area contributed by atoms with Crippen molar-refractivity contribution in [2.75, 3.05) is 38.2 Å². The number of anilines is 1. The molecule has 0 unspecified atom stereocenters. The van der Waals surface area contributed by atoms with Crippen LogP contribution in [-0.4, -0.2) is 44.1 Å². The van der Waals surface area contributed by atoms with Gasteiger partial charge in [0.15, 0.2) is 5.76 Å². The lowest BCUT2D eigenvalue weighted by Gasteiger charge is -2.36. The minimum atomic E-state index is -4.38. The van der Waals surface area contributed by atoms with Crippen LogP contribution in [0.25, 0.3) is 11.0 Å². The Morgan fingerprint density at radius 3 is 2.47 bits per heavy atom. The van der Waals surface area contributed by atoms with Crippen molar-refractivity contribution in [1.82, 2.24) is 4.90 Å². The molecule has 1 fully saturated rings. The molecule has 0 radical (unpaired) electrons. The van der Waals surface area contributed by atoms with Gasteiger partial charge in [0.05, 0.1) is 12.7 Å². The second-order valence-electron chi connectivity index (χ2n) is 7.25. The third-order valence-corrected chi connectivity index (χ3v) is 5.44. The van der Waals surface area contributed by atoms with E-state index in [1.807, 2.05) is 17.9 Å². The van der Waals surface area contributed by atoms with Crippen molar-refractivity contribution in [3.63, 3.8) is 0 Å². The summed E-state index contributed by atoms with van der Waals surface area (Å²) >= 11 is 0. The Hall–Kier alpha value is -3.16. The van der Waals surface area contributed by atoms with E-state index >= 15 is 0 Å². The molecular formula is C22H21F3N2O3. The maximum atomic E-state index is 13.0. The quantitative estimate of drug-likeness (QED) is 0.617. The summed E-state index contributed by atoms with van der Waals surface area (Å²) in [6.45, 7) is 3.52. The van der Waals surface area contributed by atoms with Crippen LogP contribution in [0.2, 0.25) is 0 Å². The standard InChI is InChI=1S/C22H21F3N2O3/c1-14-18-13-17(29-2)6-7-19(18)30-20(14)21(28)27-10-8-26(9-11-27)16-5-3-4-15(12-16)22(23,24)25/h3-7,12-13H,8-11H2,1-2H3. The number of aryl methyl sites for hydroxylation is 1. The highest BCUT2D eigenvalue weighted by Crippen LogP contribution is 2.32. The lowest BCUT2D eigenvalue weighted by atomic mass is 10.1. The Morgan fingerprint density at radius 2 is 1.80 bits per heavy atom. The van der Waals surface area contributed by atoms with Crippen LogP contribution in [0.3, 0.4) is 0 Å². The minimum absolute atomic E-state index is 0.216. The highest BCUT2D eigenvalue weighted by atomic mass is 19.4. The number of ether oxygens (including phenoxy) is 1. The van der Waals surface area contributed by atoms with Crippen LogP contribution in [-0.2, 0) is 6.18 Å². The van der Waals surface area contributed by atoms with Crippen molar-refractivity contribution in [3.05, 3.63) is 59.4 Å². The number of rotatable bonds is 3. The zero-order chi connectivity index (χ0) is 21.5. The highest BCUT2D eigenvalue weighted by molar-refractivity contribution is 5.99. The summed E-state index contributed by atoms with van der Waals surface area (Å²) in [5.74, 6) is 0.747. The summed E-state index contributed by atoms with van der Waals surface area (Å²) in [6, 6.07) is 10.6. The first-order chi connectivity index (χ1) is 14.3. The number of nitrogens with zero attached hydrogens (tertiary/aromatic N) is 2. The molecule has 1 aromatic heterocycles. The van der Waals surface area contributed by atoms with Crippen LogP contribution in [0.1, 0.15) is 21.7 Å². The van der Waals surface area contributed by atoms with Crippen LogP contribution in [0.4, 0.5) is 18.9 Å². The molecule has 0 saturated carbocycles. The van der Waals surface area contributed by atoms with Gasteiger partial charge in [-0.2, -0.15) is 13.2 Å². The Kier molecular flexibility index (Phi) is 5.09. The number of carbonyl (C=O) groups is 1. The van der Waals surface area contributed by atoms with Crippen LogP contribution in [0.15, 0.2) is 46.9 Å². The van der Waals surface area contributed by atoms with Gasteiger partial charge < -0.3 is 19.0 Å². The van der Waals surface area contributed by atoms with Crippen LogP contribution < -0.4 is 9.64 Å². The number of amides is 1. The van der Waals surface area contributed by atoms with Gasteiger partial charge in [-0.3, -0.25) is 4.79 Å². The molecule has 1 saturated heterocycles. The van der Waals surface area contributed by atoms with Crippen molar-refractivity contribution in [3.8, 4) is 5.75 Å². The average Bonchev–Trinajstić information content (AvgIpc) is 3.08. The van der Waals surface area contributed by atoms with Gasteiger partial charge in [0.1, 0.15) is 11.3 Å². The number of hydrogen-bond acceptors (Lipinski definition) is 4. The molecule has 0 atom stereocenters. The topological polar surface area (TPSA) is 45.9 Å². The fraction of sp³-hybridized carbons (Fsp3) is 0.318. The molecule has 2 aromatic carbocycles. The molecule has 0 spiro atoms. The number of alkyl halides is 3. The molecule has 1 aliphatic heterocycles. The van der Waals surface area contributed by atoms with E-state index in [2.05, 4.69) is 0 Å². The first-order valence-electron chi connectivity index (χ1n) is 9.56. The second kappa shape index (κ2) is 7.59. The minimum Gasteiger partial charge on any atom is -0.497 e. The van der Waals surface area contributed by atoms with Gasteiger partial charge >= 0.3 is 6.18 Å². The Labute approximate surface area is 171 Å². The van der Waals surface area contributed by atoms with Crippen molar-refractivity contribution >= 4 is 22.6 Å². The molecule has 2 heterocycles. The van der Waals surface area contributed by atoms with Gasteiger partial charge in [0, 0.05) is 42.8 Å². The highest BCUT2D eigenvalue weighted by Gasteiger charge is 2.32. The fourth-order valence-corrected chi connectivity index (χ4v) is 3.72. The van der Waals surface area contributed by atoms with Crippen molar-refractivity contribution in [2.24, 2.45) is 0 Å². The van der Waals surface area contributed by atoms with E-state index in [9.17, 15) is 18.0 Å². The summed E-state index contributed by atoms with van der Waals surface area (Å²) in [5.41, 5.74) is 1.18. The van der Waals surface area contributed by atoms with Gasteiger partial charge in [-0.25, -0.2) is 0 Å². The number of benzene rings is 2. The van der Waals surface area contributed by atoms with E-state index < -0.39 is 11.7 Å². The Balaban J connectivity index is 1.49. The number of furan rings is 1. The molecule has 30 heavy (non-hydrogen) atoms. The van der Waals surface area contributed by atoms with Gasteiger partial charge in [-0.15, -0.1) is 0 Å². The third kappa shape index (κ3) is 3.69. The van der Waals surface area contributed by atoms with E-state index in [-0.39, 0.29) is 11.7 Å². The maximum Gasteiger partial charge on any atom is 0.416 e. The smallest absolute Gasteiger partial charge is 0.416 e. The third-order valence-electron chi connectivity index (χ3n) is 5.44. The molecule has 3 aromatic rings. The van der Waals surface area contributed by atoms with E-state index in [1.54, 1.807) is 30.2 Å². The summed E-state index contributed by atoms with van der Waals surface area (Å²) in [4.78, 5) is 16.5. The maximum absolute atomic E-state index is 13.0. The largest absolute Gasteiger partial charge is 0.497 e. The lowest BCUT2D eigenvalue weighted by Crippen LogP contribution is -2.48. The SMILES string of the molecule is COc1ccc2oc(C(=O)N3CCN(c4cccc(C(F)(F)F)c4)CC3)c(C)c2c1. The van der Waals surface area contributed by atoms with E-state index in [1.165, 1.54) is 6.07 Å². The monoisotopic (exact) mass is 418 g/mol. The number of piperazine rings is 1. The summed E-state index contributed by atoms with van der Waals surface area (Å²) in [6.07, 6.45) is -4.38. The molecule has 4 rings (SSSR count). The number of hydrogen-bond donors (Lipinski definition) is 0. The zero-order valence-electron chi connectivity index (χ0n) is 16.6. The predicted octanol–water partition coefficient (Wildman–Crippen LogP) is 4.73. The molecule has 0 aliphatic carbocycles. The van der Waals surface area contributed by atoms with Gasteiger partial charge in [-0.1, -0.05) is 6.07 Å². The second-order valence-corrected chi connectivity index (χ2v) is 7.25. The summed E-state index contributed by atoms with van der Waals surface area (Å²) < 4.78 is 49.9. The van der Waals surface area contributed by atoms with E-state index in [0.717, 1.165) is 23.1 Å². The molecule has 1 aliphatic rings. The first-order valence-corrected chi connectivity index (χ1v) is 9.56. The first kappa shape index (κ1) is 20.1. The van der Waals surface area contributed by atoms with Crippen molar-refractivity contribution in [2.45, 2.75) is 13.1 Å². The molecule has 0 bridgehead atoms.